The zero-order valence-electron chi connectivity index (χ0n) is 12.6. The van der Waals surface area contributed by atoms with E-state index in [4.69, 9.17) is 0 Å². The zero-order chi connectivity index (χ0) is 14.7. The van der Waals surface area contributed by atoms with Crippen LogP contribution >= 0.6 is 11.8 Å². The van der Waals surface area contributed by atoms with Crippen molar-refractivity contribution in [2.75, 3.05) is 12.3 Å². The molecule has 4 heteroatoms. The van der Waals surface area contributed by atoms with Gasteiger partial charge < -0.3 is 10.6 Å². The number of nitrogens with one attached hydrogen (secondary N) is 2. The van der Waals surface area contributed by atoms with Crippen molar-refractivity contribution in [3.63, 3.8) is 0 Å². The Balaban J connectivity index is 1.62. The van der Waals surface area contributed by atoms with E-state index in [0.717, 1.165) is 31.2 Å². The molecule has 1 aliphatic carbocycles. The maximum atomic E-state index is 12.6. The number of amides is 1. The van der Waals surface area contributed by atoms with Gasteiger partial charge in [-0.15, -0.1) is 0 Å². The van der Waals surface area contributed by atoms with Gasteiger partial charge in [-0.2, -0.15) is 11.8 Å². The van der Waals surface area contributed by atoms with E-state index < -0.39 is 0 Å². The smallest absolute Gasteiger partial charge is 0.229 e. The molecule has 114 valence electrons. The van der Waals surface area contributed by atoms with Crippen LogP contribution in [0.3, 0.4) is 0 Å². The van der Waals surface area contributed by atoms with Crippen LogP contribution in [0.1, 0.15) is 43.2 Å². The lowest BCUT2D eigenvalue weighted by Crippen LogP contribution is -2.42. The molecule has 1 amide bonds. The van der Waals surface area contributed by atoms with Crippen LogP contribution in [0.4, 0.5) is 0 Å². The van der Waals surface area contributed by atoms with Crippen LogP contribution in [0.5, 0.6) is 0 Å². The van der Waals surface area contributed by atoms with Gasteiger partial charge in [-0.05, 0) is 36.1 Å². The van der Waals surface area contributed by atoms with Gasteiger partial charge in [-0.25, -0.2) is 0 Å². The third kappa shape index (κ3) is 3.43. The highest BCUT2D eigenvalue weighted by Crippen LogP contribution is 2.30. The Bertz CT molecular complexity index is 505. The molecular weight excluding hydrogens is 280 g/mol. The molecule has 0 aromatic heterocycles. The van der Waals surface area contributed by atoms with Gasteiger partial charge in [0.1, 0.15) is 0 Å². The molecule has 0 saturated heterocycles. The van der Waals surface area contributed by atoms with Crippen LogP contribution in [0.2, 0.25) is 0 Å². The first-order chi connectivity index (χ1) is 10.3. The summed E-state index contributed by atoms with van der Waals surface area (Å²) in [4.78, 5) is 12.6. The predicted octanol–water partition coefficient (Wildman–Crippen LogP) is 2.66. The lowest BCUT2D eigenvalue weighted by Gasteiger charge is -2.27. The molecular formula is C17H24N2OS. The van der Waals surface area contributed by atoms with Gasteiger partial charge in [0.15, 0.2) is 0 Å². The number of carbonyl (C=O) groups is 1. The second-order valence-corrected chi connectivity index (χ2v) is 7.56. The monoisotopic (exact) mass is 304 g/mol. The fourth-order valence-corrected chi connectivity index (χ4v) is 4.63. The van der Waals surface area contributed by atoms with E-state index in [2.05, 4.69) is 29.7 Å². The summed E-state index contributed by atoms with van der Waals surface area (Å²) in [7, 11) is 0. The third-order valence-electron chi connectivity index (χ3n) is 4.54. The molecule has 1 aromatic rings. The molecule has 1 fully saturated rings. The van der Waals surface area contributed by atoms with Crippen LogP contribution in [0.15, 0.2) is 24.3 Å². The van der Waals surface area contributed by atoms with Crippen LogP contribution in [0.25, 0.3) is 0 Å². The van der Waals surface area contributed by atoms with Gasteiger partial charge in [0.25, 0.3) is 0 Å². The third-order valence-corrected chi connectivity index (χ3v) is 5.78. The topological polar surface area (TPSA) is 41.1 Å². The summed E-state index contributed by atoms with van der Waals surface area (Å²) in [6, 6.07) is 8.67. The highest BCUT2D eigenvalue weighted by atomic mass is 32.2. The molecule has 3 atom stereocenters. The minimum Gasteiger partial charge on any atom is -0.353 e. The molecule has 0 bridgehead atoms. The average Bonchev–Trinajstić information content (AvgIpc) is 2.94. The number of benzene rings is 1. The van der Waals surface area contributed by atoms with Gasteiger partial charge in [0, 0.05) is 24.4 Å². The van der Waals surface area contributed by atoms with E-state index in [0.29, 0.717) is 6.04 Å². The second-order valence-electron chi connectivity index (χ2n) is 5.98. The molecule has 1 saturated carbocycles. The van der Waals surface area contributed by atoms with Crippen LogP contribution < -0.4 is 10.6 Å². The second kappa shape index (κ2) is 6.84. The number of carbonyl (C=O) groups excluding carboxylic acids is 1. The Morgan fingerprint density at radius 1 is 1.38 bits per heavy atom. The maximum absolute atomic E-state index is 12.6. The Hall–Kier alpha value is -1.00. The van der Waals surface area contributed by atoms with Crippen molar-refractivity contribution in [3.05, 3.63) is 35.4 Å². The molecule has 0 spiro atoms. The highest BCUT2D eigenvalue weighted by molar-refractivity contribution is 7.99. The summed E-state index contributed by atoms with van der Waals surface area (Å²) in [5, 5.41) is 7.38. The average molecular weight is 304 g/mol. The number of hydrogen-bond acceptors (Lipinski definition) is 3. The molecule has 3 rings (SSSR count). The SMILES string of the molecule is CCSC1CCC(NC(=O)C2CNCc3ccccc32)C1. The Labute approximate surface area is 131 Å². The maximum Gasteiger partial charge on any atom is 0.229 e. The van der Waals surface area contributed by atoms with E-state index in [1.807, 2.05) is 23.9 Å². The van der Waals surface area contributed by atoms with Gasteiger partial charge in [0.05, 0.1) is 5.92 Å². The fourth-order valence-electron chi connectivity index (χ4n) is 3.49. The van der Waals surface area contributed by atoms with E-state index >= 15 is 0 Å². The predicted molar refractivity (Wildman–Crippen MR) is 88.6 cm³/mol. The van der Waals surface area contributed by atoms with Gasteiger partial charge >= 0.3 is 0 Å². The van der Waals surface area contributed by atoms with Crippen molar-refractivity contribution < 1.29 is 4.79 Å². The number of hydrogen-bond donors (Lipinski definition) is 2. The number of rotatable bonds is 4. The highest BCUT2D eigenvalue weighted by Gasteiger charge is 2.30. The van der Waals surface area contributed by atoms with Crippen molar-refractivity contribution in [2.45, 2.75) is 49.9 Å². The van der Waals surface area contributed by atoms with Gasteiger partial charge in [-0.3, -0.25) is 4.79 Å². The summed E-state index contributed by atoms with van der Waals surface area (Å²) in [5.41, 5.74) is 2.46. The first-order valence-corrected chi connectivity index (χ1v) is 9.03. The first kappa shape index (κ1) is 14.9. The van der Waals surface area contributed by atoms with E-state index in [-0.39, 0.29) is 11.8 Å². The minimum absolute atomic E-state index is 0.0344. The molecule has 1 aliphatic heterocycles. The van der Waals surface area contributed by atoms with E-state index in [9.17, 15) is 4.79 Å². The summed E-state index contributed by atoms with van der Waals surface area (Å²) >= 11 is 2.03. The van der Waals surface area contributed by atoms with Crippen LogP contribution in [-0.4, -0.2) is 29.5 Å². The van der Waals surface area contributed by atoms with Crippen molar-refractivity contribution in [2.24, 2.45) is 0 Å². The van der Waals surface area contributed by atoms with Gasteiger partial charge in [0.2, 0.25) is 5.91 Å². The molecule has 21 heavy (non-hydrogen) atoms. The molecule has 0 radical (unpaired) electrons. The van der Waals surface area contributed by atoms with Crippen molar-refractivity contribution in [3.8, 4) is 0 Å². The lowest BCUT2D eigenvalue weighted by molar-refractivity contribution is -0.123. The van der Waals surface area contributed by atoms with Crippen LogP contribution in [0, 0.1) is 0 Å². The lowest BCUT2D eigenvalue weighted by atomic mass is 9.90. The van der Waals surface area contributed by atoms with E-state index in [1.165, 1.54) is 23.3 Å². The molecule has 3 unspecified atom stereocenters. The summed E-state index contributed by atoms with van der Waals surface area (Å²) in [6.07, 6.45) is 3.50. The molecule has 1 aromatic carbocycles. The summed E-state index contributed by atoms with van der Waals surface area (Å²) in [5.74, 6) is 1.33. The van der Waals surface area contributed by atoms with E-state index in [1.54, 1.807) is 0 Å². The molecule has 3 nitrogen and oxygen atoms in total. The summed E-state index contributed by atoms with van der Waals surface area (Å²) in [6.45, 7) is 3.84. The zero-order valence-corrected chi connectivity index (χ0v) is 13.4. The molecule has 2 N–H and O–H groups in total. The summed E-state index contributed by atoms with van der Waals surface area (Å²) < 4.78 is 0. The Morgan fingerprint density at radius 3 is 3.10 bits per heavy atom. The van der Waals surface area contributed by atoms with Crippen molar-refractivity contribution in [1.82, 2.24) is 10.6 Å². The molecule has 2 aliphatic rings. The van der Waals surface area contributed by atoms with Crippen molar-refractivity contribution >= 4 is 17.7 Å². The standard InChI is InChI=1S/C17H24N2OS/c1-2-21-14-8-7-13(9-14)19-17(20)16-11-18-10-12-5-3-4-6-15(12)16/h3-6,13-14,16,18H,2,7-11H2,1H3,(H,19,20). The first-order valence-electron chi connectivity index (χ1n) is 7.98. The number of fused-ring (bicyclic) bond motifs is 1. The largest absolute Gasteiger partial charge is 0.353 e. The van der Waals surface area contributed by atoms with Crippen molar-refractivity contribution in [1.29, 1.82) is 0 Å². The molecule has 1 heterocycles. The Kier molecular flexibility index (Phi) is 4.86. The van der Waals surface area contributed by atoms with Crippen LogP contribution in [-0.2, 0) is 11.3 Å². The number of thioether (sulfide) groups is 1. The van der Waals surface area contributed by atoms with Gasteiger partial charge in [-0.1, -0.05) is 31.2 Å². The fraction of sp³-hybridized carbons (Fsp3) is 0.588. The minimum atomic E-state index is -0.0344. The normalized spacial score (nSPS) is 28.1. The Morgan fingerprint density at radius 2 is 2.24 bits per heavy atom. The quantitative estimate of drug-likeness (QED) is 0.898.